The Morgan fingerprint density at radius 2 is 1.79 bits per heavy atom. The van der Waals surface area contributed by atoms with Crippen LogP contribution in [0.5, 0.6) is 0 Å². The topological polar surface area (TPSA) is 24.9 Å². The zero-order chi connectivity index (χ0) is 14.6. The van der Waals surface area contributed by atoms with E-state index in [4.69, 9.17) is 4.98 Å². The molecule has 0 aliphatic heterocycles. The predicted octanol–water partition coefficient (Wildman–Crippen LogP) is 4.25. The van der Waals surface area contributed by atoms with Gasteiger partial charge in [-0.05, 0) is 18.4 Å². The van der Waals surface area contributed by atoms with E-state index in [1.54, 1.807) is 0 Å². The van der Waals surface area contributed by atoms with E-state index >= 15 is 0 Å². The largest absolute Gasteiger partial charge is 0.314 e. The van der Waals surface area contributed by atoms with Gasteiger partial charge in [0.1, 0.15) is 0 Å². The third-order valence-corrected chi connectivity index (χ3v) is 4.51. The van der Waals surface area contributed by atoms with Crippen molar-refractivity contribution in [3.63, 3.8) is 0 Å². The number of nitrogens with zero attached hydrogens (tertiary/aromatic N) is 1. The van der Waals surface area contributed by atoms with E-state index in [2.05, 4.69) is 59.2 Å². The molecule has 1 aromatic heterocycles. The first-order valence-electron chi connectivity index (χ1n) is 7.38. The lowest BCUT2D eigenvalue weighted by Gasteiger charge is -2.21. The van der Waals surface area contributed by atoms with Crippen molar-refractivity contribution in [2.75, 3.05) is 6.54 Å². The minimum Gasteiger partial charge on any atom is -0.314 e. The van der Waals surface area contributed by atoms with E-state index in [0.29, 0.717) is 17.9 Å². The van der Waals surface area contributed by atoms with Crippen LogP contribution in [0.3, 0.4) is 0 Å². The lowest BCUT2D eigenvalue weighted by Crippen LogP contribution is -2.31. The van der Waals surface area contributed by atoms with Crippen molar-refractivity contribution < 1.29 is 0 Å². The van der Waals surface area contributed by atoms with Gasteiger partial charge in [-0.3, -0.25) is 0 Å². The van der Waals surface area contributed by atoms with Gasteiger partial charge in [-0.1, -0.05) is 48.5 Å². The van der Waals surface area contributed by atoms with E-state index in [1.165, 1.54) is 10.7 Å². The standard InChI is InChI=1S/C16H30N2S/c1-11(2)17-9-13(4)12(3)8-15-18-14(10-19-15)16(5,6)7/h10-13,17H,8-9H2,1-7H3. The first-order chi connectivity index (χ1) is 8.70. The summed E-state index contributed by atoms with van der Waals surface area (Å²) in [6.45, 7) is 16.8. The highest BCUT2D eigenvalue weighted by atomic mass is 32.1. The van der Waals surface area contributed by atoms with Crippen LogP contribution in [0.4, 0.5) is 0 Å². The van der Waals surface area contributed by atoms with Crippen molar-refractivity contribution in [3.8, 4) is 0 Å². The maximum Gasteiger partial charge on any atom is 0.0931 e. The summed E-state index contributed by atoms with van der Waals surface area (Å²) in [4.78, 5) is 4.80. The van der Waals surface area contributed by atoms with Crippen molar-refractivity contribution >= 4 is 11.3 Å². The van der Waals surface area contributed by atoms with Crippen molar-refractivity contribution in [3.05, 3.63) is 16.1 Å². The Hall–Kier alpha value is -0.410. The number of thiazole rings is 1. The van der Waals surface area contributed by atoms with Gasteiger partial charge < -0.3 is 5.32 Å². The molecule has 3 heteroatoms. The normalized spacial score (nSPS) is 15.8. The van der Waals surface area contributed by atoms with Crippen LogP contribution in [-0.2, 0) is 11.8 Å². The number of rotatable bonds is 6. The lowest BCUT2D eigenvalue weighted by atomic mass is 9.92. The fourth-order valence-electron chi connectivity index (χ4n) is 1.85. The van der Waals surface area contributed by atoms with E-state index in [1.807, 2.05) is 11.3 Å². The zero-order valence-electron chi connectivity index (χ0n) is 13.6. The molecule has 0 aliphatic carbocycles. The highest BCUT2D eigenvalue weighted by molar-refractivity contribution is 7.09. The summed E-state index contributed by atoms with van der Waals surface area (Å²) in [5.74, 6) is 1.36. The Bertz CT molecular complexity index is 376. The molecule has 19 heavy (non-hydrogen) atoms. The Balaban J connectivity index is 2.52. The fraction of sp³-hybridized carbons (Fsp3) is 0.812. The molecular formula is C16H30N2S. The van der Waals surface area contributed by atoms with Gasteiger partial charge in [0.2, 0.25) is 0 Å². The van der Waals surface area contributed by atoms with E-state index in [0.717, 1.165) is 13.0 Å². The Labute approximate surface area is 123 Å². The summed E-state index contributed by atoms with van der Waals surface area (Å²) in [6, 6.07) is 0.571. The van der Waals surface area contributed by atoms with Crippen LogP contribution in [0.25, 0.3) is 0 Å². The molecule has 1 N–H and O–H groups in total. The van der Waals surface area contributed by atoms with Gasteiger partial charge >= 0.3 is 0 Å². The summed E-state index contributed by atoms with van der Waals surface area (Å²) in [5.41, 5.74) is 1.40. The molecule has 1 rings (SSSR count). The third kappa shape index (κ3) is 5.62. The van der Waals surface area contributed by atoms with Crippen LogP contribution >= 0.6 is 11.3 Å². The fourth-order valence-corrected chi connectivity index (χ4v) is 3.01. The molecule has 0 amide bonds. The maximum atomic E-state index is 4.80. The molecule has 0 radical (unpaired) electrons. The minimum atomic E-state index is 0.169. The van der Waals surface area contributed by atoms with Gasteiger partial charge in [-0.15, -0.1) is 11.3 Å². The van der Waals surface area contributed by atoms with Gasteiger partial charge in [-0.2, -0.15) is 0 Å². The molecule has 0 bridgehead atoms. The highest BCUT2D eigenvalue weighted by Gasteiger charge is 2.19. The second kappa shape index (κ2) is 6.85. The molecule has 0 aromatic carbocycles. The SMILES string of the molecule is CC(C)NCC(C)C(C)Cc1nc(C(C)(C)C)cs1. The molecule has 1 heterocycles. The highest BCUT2D eigenvalue weighted by Crippen LogP contribution is 2.26. The maximum absolute atomic E-state index is 4.80. The van der Waals surface area contributed by atoms with Gasteiger partial charge in [0.05, 0.1) is 10.7 Å². The first-order valence-corrected chi connectivity index (χ1v) is 8.26. The van der Waals surface area contributed by atoms with Gasteiger partial charge in [-0.25, -0.2) is 4.98 Å². The monoisotopic (exact) mass is 282 g/mol. The molecule has 2 nitrogen and oxygen atoms in total. The average molecular weight is 282 g/mol. The van der Waals surface area contributed by atoms with E-state index in [9.17, 15) is 0 Å². The molecule has 1 aromatic rings. The number of hydrogen-bond donors (Lipinski definition) is 1. The smallest absolute Gasteiger partial charge is 0.0931 e. The quantitative estimate of drug-likeness (QED) is 0.843. The summed E-state index contributed by atoms with van der Waals surface area (Å²) in [7, 11) is 0. The average Bonchev–Trinajstić information content (AvgIpc) is 2.73. The van der Waals surface area contributed by atoms with Crippen LogP contribution < -0.4 is 5.32 Å². The van der Waals surface area contributed by atoms with Gasteiger partial charge in [0.25, 0.3) is 0 Å². The van der Waals surface area contributed by atoms with Crippen molar-refractivity contribution in [1.82, 2.24) is 10.3 Å². The first kappa shape index (κ1) is 16.6. The van der Waals surface area contributed by atoms with Crippen molar-refractivity contribution in [2.24, 2.45) is 11.8 Å². The molecule has 2 unspecified atom stereocenters. The number of aromatic nitrogens is 1. The molecule has 0 fully saturated rings. The predicted molar refractivity (Wildman–Crippen MR) is 86.0 cm³/mol. The zero-order valence-corrected chi connectivity index (χ0v) is 14.4. The molecule has 0 spiro atoms. The number of nitrogens with one attached hydrogen (secondary N) is 1. The molecule has 110 valence electrons. The summed E-state index contributed by atoms with van der Waals surface area (Å²) in [6.07, 6.45) is 1.10. The van der Waals surface area contributed by atoms with Gasteiger partial charge in [0, 0.05) is 23.3 Å². The molecular weight excluding hydrogens is 252 g/mol. The number of hydrogen-bond acceptors (Lipinski definition) is 3. The summed E-state index contributed by atoms with van der Waals surface area (Å²) in [5, 5.41) is 7.03. The van der Waals surface area contributed by atoms with E-state index < -0.39 is 0 Å². The van der Waals surface area contributed by atoms with Crippen molar-refractivity contribution in [2.45, 2.75) is 66.3 Å². The lowest BCUT2D eigenvalue weighted by molar-refractivity contribution is 0.353. The van der Waals surface area contributed by atoms with Crippen LogP contribution in [0, 0.1) is 11.8 Å². The Morgan fingerprint density at radius 3 is 2.26 bits per heavy atom. The molecule has 0 saturated carbocycles. The Kier molecular flexibility index (Phi) is 6.00. The summed E-state index contributed by atoms with van der Waals surface area (Å²) < 4.78 is 0. The van der Waals surface area contributed by atoms with Crippen LogP contribution in [0.15, 0.2) is 5.38 Å². The molecule has 0 aliphatic rings. The second-order valence-electron chi connectivity index (χ2n) is 7.10. The van der Waals surface area contributed by atoms with Crippen molar-refractivity contribution in [1.29, 1.82) is 0 Å². The Morgan fingerprint density at radius 1 is 1.16 bits per heavy atom. The molecule has 0 saturated heterocycles. The second-order valence-corrected chi connectivity index (χ2v) is 8.04. The van der Waals surface area contributed by atoms with Crippen LogP contribution in [-0.4, -0.2) is 17.6 Å². The van der Waals surface area contributed by atoms with Gasteiger partial charge in [0.15, 0.2) is 0 Å². The van der Waals surface area contributed by atoms with E-state index in [-0.39, 0.29) is 5.41 Å². The minimum absolute atomic E-state index is 0.169. The third-order valence-electron chi connectivity index (χ3n) is 3.64. The van der Waals surface area contributed by atoms with Crippen LogP contribution in [0.2, 0.25) is 0 Å². The molecule has 2 atom stereocenters. The van der Waals surface area contributed by atoms with Crippen LogP contribution in [0.1, 0.15) is 59.2 Å². The summed E-state index contributed by atoms with van der Waals surface area (Å²) >= 11 is 1.82.